The molecule has 4 rings (SSSR count). The van der Waals surface area contributed by atoms with Gasteiger partial charge in [-0.2, -0.15) is 0 Å². The Morgan fingerprint density at radius 2 is 1.83 bits per heavy atom. The number of hydrogen-bond acceptors (Lipinski definition) is 5. The van der Waals surface area contributed by atoms with Gasteiger partial charge in [0.05, 0.1) is 4.92 Å². The van der Waals surface area contributed by atoms with Crippen molar-refractivity contribution in [2.75, 3.05) is 0 Å². The summed E-state index contributed by atoms with van der Waals surface area (Å²) in [7, 11) is 0. The molecule has 1 aromatic carbocycles. The average molecular weight is 329 g/mol. The Bertz CT molecular complexity index is 683. The fourth-order valence-electron chi connectivity index (χ4n) is 4.74. The lowest BCUT2D eigenvalue weighted by Gasteiger charge is -2.32. The van der Waals surface area contributed by atoms with Crippen LogP contribution in [0.1, 0.15) is 25.7 Å². The Morgan fingerprint density at radius 1 is 1.08 bits per heavy atom. The Kier molecular flexibility index (Phi) is 3.75. The highest BCUT2D eigenvalue weighted by atomic mass is 16.7. The fourth-order valence-corrected chi connectivity index (χ4v) is 4.74. The second-order valence-electron chi connectivity index (χ2n) is 6.89. The van der Waals surface area contributed by atoms with Gasteiger partial charge < -0.3 is 9.47 Å². The van der Waals surface area contributed by atoms with Crippen molar-refractivity contribution < 1.29 is 19.2 Å². The molecule has 2 fully saturated rings. The number of benzene rings is 1. The molecule has 5 atom stereocenters. The van der Waals surface area contributed by atoms with E-state index in [1.54, 1.807) is 0 Å². The van der Waals surface area contributed by atoms with E-state index in [1.807, 2.05) is 6.08 Å². The first-order chi connectivity index (χ1) is 11.6. The first-order valence-corrected chi connectivity index (χ1v) is 8.43. The normalized spacial score (nSPS) is 33.1. The summed E-state index contributed by atoms with van der Waals surface area (Å²) in [5.74, 6) is 2.72. The summed E-state index contributed by atoms with van der Waals surface area (Å²) in [6, 6.07) is 5.39. The minimum Gasteiger partial charge on any atom is -0.426 e. The van der Waals surface area contributed by atoms with Crippen molar-refractivity contribution in [1.29, 1.82) is 0 Å². The summed E-state index contributed by atoms with van der Waals surface area (Å²) >= 11 is 0. The Balaban J connectivity index is 1.39. The zero-order valence-electron chi connectivity index (χ0n) is 13.2. The zero-order valence-corrected chi connectivity index (χ0v) is 13.2. The van der Waals surface area contributed by atoms with Crippen LogP contribution in [0.25, 0.3) is 0 Å². The molecule has 3 aliphatic carbocycles. The second kappa shape index (κ2) is 5.92. The number of hydrogen-bond donors (Lipinski definition) is 0. The molecular weight excluding hydrogens is 310 g/mol. The van der Waals surface area contributed by atoms with E-state index in [0.717, 1.165) is 12.3 Å². The molecule has 0 aromatic heterocycles. The van der Waals surface area contributed by atoms with E-state index < -0.39 is 11.1 Å². The van der Waals surface area contributed by atoms with Crippen molar-refractivity contribution in [3.63, 3.8) is 0 Å². The maximum absolute atomic E-state index is 12.1. The molecule has 0 heterocycles. The third-order valence-corrected chi connectivity index (χ3v) is 5.73. The van der Waals surface area contributed by atoms with E-state index in [0.29, 0.717) is 17.8 Å². The SMILES string of the molecule is O=C(Oc1ccc([N+](=O)[O-])cc1)O[C@@H]1C=C[C@@H]2CC[C@H]3CC[C@H]1[C@@H]32. The van der Waals surface area contributed by atoms with Crippen LogP contribution < -0.4 is 4.74 Å². The highest BCUT2D eigenvalue weighted by Crippen LogP contribution is 2.54. The van der Waals surface area contributed by atoms with E-state index in [1.165, 1.54) is 43.5 Å². The van der Waals surface area contributed by atoms with Crippen molar-refractivity contribution in [2.45, 2.75) is 31.8 Å². The molecule has 0 N–H and O–H groups in total. The maximum atomic E-state index is 12.1. The molecule has 0 amide bonds. The van der Waals surface area contributed by atoms with Gasteiger partial charge in [0.15, 0.2) is 0 Å². The van der Waals surface area contributed by atoms with Crippen LogP contribution in [0.3, 0.4) is 0 Å². The molecule has 1 aromatic rings. The molecule has 0 saturated heterocycles. The van der Waals surface area contributed by atoms with E-state index in [9.17, 15) is 14.9 Å². The molecule has 0 aliphatic heterocycles. The fraction of sp³-hybridized carbons (Fsp3) is 0.500. The lowest BCUT2D eigenvalue weighted by Crippen LogP contribution is -2.34. The largest absolute Gasteiger partial charge is 0.514 e. The van der Waals surface area contributed by atoms with E-state index >= 15 is 0 Å². The molecule has 2 saturated carbocycles. The summed E-state index contributed by atoms with van der Waals surface area (Å²) in [6.07, 6.45) is 8.11. The zero-order chi connectivity index (χ0) is 16.7. The lowest BCUT2D eigenvalue weighted by molar-refractivity contribution is -0.384. The smallest absolute Gasteiger partial charge is 0.426 e. The van der Waals surface area contributed by atoms with E-state index in [4.69, 9.17) is 9.47 Å². The number of nitro groups is 1. The van der Waals surface area contributed by atoms with Gasteiger partial charge in [-0.15, -0.1) is 0 Å². The minimum atomic E-state index is -0.751. The first-order valence-electron chi connectivity index (χ1n) is 8.43. The number of carbonyl (C=O) groups excluding carboxylic acids is 1. The summed E-state index contributed by atoms with van der Waals surface area (Å²) in [5, 5.41) is 10.6. The highest BCUT2D eigenvalue weighted by molar-refractivity contribution is 5.64. The topological polar surface area (TPSA) is 78.7 Å². The summed E-state index contributed by atoms with van der Waals surface area (Å²) in [6.45, 7) is 0. The molecule has 3 aliphatic rings. The first kappa shape index (κ1) is 15.2. The van der Waals surface area contributed by atoms with Crippen LogP contribution in [0, 0.1) is 33.8 Å². The van der Waals surface area contributed by atoms with Gasteiger partial charge in [-0.3, -0.25) is 10.1 Å². The Hall–Kier alpha value is -2.37. The molecule has 0 radical (unpaired) electrons. The molecule has 0 spiro atoms. The third kappa shape index (κ3) is 2.66. The minimum absolute atomic E-state index is 0.0461. The van der Waals surface area contributed by atoms with E-state index in [-0.39, 0.29) is 17.5 Å². The second-order valence-corrected chi connectivity index (χ2v) is 6.89. The molecule has 6 nitrogen and oxygen atoms in total. The molecule has 126 valence electrons. The Morgan fingerprint density at radius 3 is 2.58 bits per heavy atom. The number of rotatable bonds is 3. The predicted octanol–water partition coefficient (Wildman–Crippen LogP) is 4.10. The van der Waals surface area contributed by atoms with Crippen LogP contribution in [-0.4, -0.2) is 17.2 Å². The van der Waals surface area contributed by atoms with Gasteiger partial charge >= 0.3 is 6.16 Å². The quantitative estimate of drug-likeness (QED) is 0.274. The van der Waals surface area contributed by atoms with Gasteiger partial charge in [0, 0.05) is 18.1 Å². The molecule has 24 heavy (non-hydrogen) atoms. The van der Waals surface area contributed by atoms with Crippen LogP contribution in [0.5, 0.6) is 5.75 Å². The summed E-state index contributed by atoms with van der Waals surface area (Å²) in [5.41, 5.74) is -0.0461. The Labute approximate surface area is 139 Å². The highest BCUT2D eigenvalue weighted by Gasteiger charge is 2.49. The van der Waals surface area contributed by atoms with Crippen molar-refractivity contribution in [2.24, 2.45) is 23.7 Å². The van der Waals surface area contributed by atoms with Gasteiger partial charge in [-0.1, -0.05) is 6.08 Å². The van der Waals surface area contributed by atoms with Crippen LogP contribution >= 0.6 is 0 Å². The van der Waals surface area contributed by atoms with Crippen LogP contribution in [0.15, 0.2) is 36.4 Å². The number of nitro benzene ring substituents is 1. The van der Waals surface area contributed by atoms with Crippen molar-refractivity contribution in [1.82, 2.24) is 0 Å². The molecule has 6 heteroatoms. The number of carbonyl (C=O) groups is 1. The van der Waals surface area contributed by atoms with E-state index in [2.05, 4.69) is 6.08 Å². The summed E-state index contributed by atoms with van der Waals surface area (Å²) in [4.78, 5) is 22.2. The van der Waals surface area contributed by atoms with Gasteiger partial charge in [0.25, 0.3) is 5.69 Å². The van der Waals surface area contributed by atoms with Crippen LogP contribution in [0.2, 0.25) is 0 Å². The third-order valence-electron chi connectivity index (χ3n) is 5.73. The van der Waals surface area contributed by atoms with Gasteiger partial charge in [-0.25, -0.2) is 4.79 Å². The predicted molar refractivity (Wildman–Crippen MR) is 85.6 cm³/mol. The standard InChI is InChI=1S/C18H19NO5/c20-18(23-14-7-5-13(6-8-14)19(21)22)24-16-10-4-12-2-1-11-3-9-15(16)17(11)12/h4-8,10-12,15-17H,1-3,9H2/t11-,12-,15+,16+,17-/m0/s1. The molecule has 0 unspecified atom stereocenters. The van der Waals surface area contributed by atoms with Gasteiger partial charge in [0.2, 0.25) is 0 Å². The molecular formula is C18H19NO5. The number of ether oxygens (including phenoxy) is 2. The van der Waals surface area contributed by atoms with Crippen molar-refractivity contribution >= 4 is 11.8 Å². The molecule has 0 bridgehead atoms. The van der Waals surface area contributed by atoms with Crippen molar-refractivity contribution in [3.8, 4) is 5.75 Å². The van der Waals surface area contributed by atoms with Crippen molar-refractivity contribution in [3.05, 3.63) is 46.5 Å². The van der Waals surface area contributed by atoms with Gasteiger partial charge in [-0.05, 0) is 61.6 Å². The van der Waals surface area contributed by atoms with Crippen LogP contribution in [0.4, 0.5) is 10.5 Å². The lowest BCUT2D eigenvalue weighted by atomic mass is 9.77. The maximum Gasteiger partial charge on any atom is 0.514 e. The number of non-ortho nitro benzene ring substituents is 1. The van der Waals surface area contributed by atoms with Crippen LogP contribution in [-0.2, 0) is 4.74 Å². The summed E-state index contributed by atoms with van der Waals surface area (Å²) < 4.78 is 10.7. The monoisotopic (exact) mass is 329 g/mol. The number of allylic oxidation sites excluding steroid dienone is 1. The average Bonchev–Trinajstić information content (AvgIpc) is 3.16. The number of nitrogens with zero attached hydrogens (tertiary/aromatic N) is 1. The van der Waals surface area contributed by atoms with Gasteiger partial charge in [0.1, 0.15) is 11.9 Å².